The third-order valence-corrected chi connectivity index (χ3v) is 6.15. The molecule has 4 rings (SSSR count). The van der Waals surface area contributed by atoms with E-state index in [4.69, 9.17) is 14.9 Å². The molecule has 0 atom stereocenters. The van der Waals surface area contributed by atoms with Crippen LogP contribution in [0.1, 0.15) is 24.0 Å². The Labute approximate surface area is 206 Å². The van der Waals surface area contributed by atoms with E-state index < -0.39 is 11.9 Å². The van der Waals surface area contributed by atoms with Crippen LogP contribution >= 0.6 is 0 Å². The number of hydrogen-bond acceptors (Lipinski definition) is 4. The number of aliphatic carboxylic acids is 2. The van der Waals surface area contributed by atoms with Crippen molar-refractivity contribution in [3.8, 4) is 5.75 Å². The first-order valence-corrected chi connectivity index (χ1v) is 11.6. The number of para-hydroxylation sites is 1. The highest BCUT2D eigenvalue weighted by molar-refractivity contribution is 5.89. The monoisotopic (exact) mass is 473 g/mol. The van der Waals surface area contributed by atoms with Gasteiger partial charge in [0.1, 0.15) is 12.4 Å². The molecule has 1 fully saturated rings. The molecule has 35 heavy (non-hydrogen) atoms. The van der Waals surface area contributed by atoms with Crippen LogP contribution in [-0.4, -0.2) is 53.3 Å². The van der Waals surface area contributed by atoms with E-state index in [1.54, 1.807) is 0 Å². The number of likely N-dealkylation sites (tertiary alicyclic amines) is 1. The molecule has 0 saturated carbocycles. The number of carboxylic acid groups (broad SMARTS) is 2. The number of ether oxygens (including phenoxy) is 1. The molecule has 2 N–H and O–H groups in total. The van der Waals surface area contributed by atoms with Gasteiger partial charge in [-0.3, -0.25) is 4.90 Å². The molecule has 0 amide bonds. The van der Waals surface area contributed by atoms with Crippen molar-refractivity contribution in [2.45, 2.75) is 18.3 Å². The van der Waals surface area contributed by atoms with Crippen LogP contribution in [0.25, 0.3) is 0 Å². The van der Waals surface area contributed by atoms with Crippen LogP contribution in [0.3, 0.4) is 0 Å². The Bertz CT molecular complexity index is 1020. The Kier molecular flexibility index (Phi) is 9.63. The molecule has 0 aromatic heterocycles. The zero-order valence-corrected chi connectivity index (χ0v) is 19.6. The summed E-state index contributed by atoms with van der Waals surface area (Å²) in [6.45, 7) is 3.92. The van der Waals surface area contributed by atoms with Crippen molar-refractivity contribution in [2.24, 2.45) is 0 Å². The maximum absolute atomic E-state index is 9.55. The summed E-state index contributed by atoms with van der Waals surface area (Å²) in [5.41, 5.74) is 3.01. The average molecular weight is 474 g/mol. The predicted octanol–water partition coefficient (Wildman–Crippen LogP) is 4.86. The van der Waals surface area contributed by atoms with E-state index in [0.29, 0.717) is 12.2 Å². The van der Waals surface area contributed by atoms with Crippen LogP contribution in [0.2, 0.25) is 0 Å². The average Bonchev–Trinajstić information content (AvgIpc) is 2.90. The third kappa shape index (κ3) is 7.83. The van der Waals surface area contributed by atoms with E-state index >= 15 is 0 Å². The summed E-state index contributed by atoms with van der Waals surface area (Å²) in [6.07, 6.45) is 3.41. The number of rotatable bonds is 8. The molecule has 6 nitrogen and oxygen atoms in total. The number of nitrogens with zero attached hydrogens (tertiary/aromatic N) is 1. The molecule has 0 unspecified atom stereocenters. The van der Waals surface area contributed by atoms with Crippen LogP contribution in [0.15, 0.2) is 103 Å². The van der Waals surface area contributed by atoms with E-state index in [2.05, 4.69) is 65.6 Å². The smallest absolute Gasteiger partial charge is 0.328 e. The van der Waals surface area contributed by atoms with Gasteiger partial charge >= 0.3 is 11.9 Å². The van der Waals surface area contributed by atoms with Crippen molar-refractivity contribution >= 4 is 11.9 Å². The normalized spacial score (nSPS) is 15.1. The molecule has 3 aromatic carbocycles. The van der Waals surface area contributed by atoms with Gasteiger partial charge in [0.2, 0.25) is 0 Å². The number of hydrogen-bond donors (Lipinski definition) is 2. The summed E-state index contributed by atoms with van der Waals surface area (Å²) in [7, 11) is 0. The van der Waals surface area contributed by atoms with Gasteiger partial charge in [-0.25, -0.2) is 9.59 Å². The van der Waals surface area contributed by atoms with Crippen molar-refractivity contribution in [1.82, 2.24) is 4.90 Å². The summed E-state index contributed by atoms with van der Waals surface area (Å²) < 4.78 is 5.89. The summed E-state index contributed by atoms with van der Waals surface area (Å²) in [5.74, 6) is -1.56. The maximum atomic E-state index is 9.55. The van der Waals surface area contributed by atoms with Crippen molar-refractivity contribution in [3.63, 3.8) is 0 Å². The molecule has 0 radical (unpaired) electrons. The van der Waals surface area contributed by atoms with E-state index in [-0.39, 0.29) is 5.41 Å². The first-order chi connectivity index (χ1) is 17.0. The summed E-state index contributed by atoms with van der Waals surface area (Å²) in [4.78, 5) is 21.6. The van der Waals surface area contributed by atoms with Gasteiger partial charge in [0.05, 0.1) is 0 Å². The molecule has 6 heteroatoms. The molecule has 0 spiro atoms. The fourth-order valence-electron chi connectivity index (χ4n) is 4.37. The molecule has 1 aliphatic heterocycles. The fraction of sp³-hybridized carbons (Fsp3) is 0.241. The Balaban J connectivity index is 0.000000371. The topological polar surface area (TPSA) is 87.1 Å². The standard InChI is InChI=1S/C25H27NO.C4H4O4/c1-4-10-22(11-5-1)25(23-12-6-2-7-13-23)16-18-26(19-17-25)20-21-27-24-14-8-3-9-15-24;5-3(6)1-2-4(7)8/h1-15H,16-21H2;1-2H,(H,5,6)(H,7,8). The number of carbonyl (C=O) groups is 2. The highest BCUT2D eigenvalue weighted by Gasteiger charge is 2.37. The van der Waals surface area contributed by atoms with E-state index in [9.17, 15) is 9.59 Å². The minimum absolute atomic E-state index is 0.124. The van der Waals surface area contributed by atoms with Gasteiger partial charge in [0.15, 0.2) is 0 Å². The zero-order chi connectivity index (χ0) is 24.9. The summed E-state index contributed by atoms with van der Waals surface area (Å²) >= 11 is 0. The lowest BCUT2D eigenvalue weighted by atomic mass is 9.68. The molecule has 182 valence electrons. The lowest BCUT2D eigenvalue weighted by Gasteiger charge is -2.43. The van der Waals surface area contributed by atoms with Gasteiger partial charge in [-0.1, -0.05) is 78.9 Å². The zero-order valence-electron chi connectivity index (χ0n) is 19.6. The highest BCUT2D eigenvalue weighted by Crippen LogP contribution is 2.41. The van der Waals surface area contributed by atoms with Crippen LogP contribution in [0.4, 0.5) is 0 Å². The van der Waals surface area contributed by atoms with Crippen LogP contribution in [-0.2, 0) is 15.0 Å². The SMILES string of the molecule is O=C(O)C=CC(=O)O.c1ccc(OCCN2CCC(c3ccccc3)(c3ccccc3)CC2)cc1. The molecule has 1 saturated heterocycles. The Morgan fingerprint density at radius 2 is 1.17 bits per heavy atom. The van der Waals surface area contributed by atoms with Gasteiger partial charge < -0.3 is 14.9 Å². The molecular formula is C29H31NO5. The van der Waals surface area contributed by atoms with E-state index in [1.165, 1.54) is 11.1 Å². The number of carboxylic acids is 2. The van der Waals surface area contributed by atoms with Crippen LogP contribution in [0.5, 0.6) is 5.75 Å². The van der Waals surface area contributed by atoms with Gasteiger partial charge in [0, 0.05) is 24.1 Å². The molecular weight excluding hydrogens is 442 g/mol. The van der Waals surface area contributed by atoms with Crippen LogP contribution in [0, 0.1) is 0 Å². The quantitative estimate of drug-likeness (QED) is 0.455. The van der Waals surface area contributed by atoms with E-state index in [0.717, 1.165) is 44.8 Å². The number of piperidine rings is 1. The lowest BCUT2D eigenvalue weighted by molar-refractivity contribution is -0.134. The summed E-state index contributed by atoms with van der Waals surface area (Å²) in [5, 5.41) is 15.6. The number of benzene rings is 3. The summed E-state index contributed by atoms with van der Waals surface area (Å²) in [6, 6.07) is 32.2. The Morgan fingerprint density at radius 1 is 0.743 bits per heavy atom. The molecule has 3 aromatic rings. The van der Waals surface area contributed by atoms with Gasteiger partial charge in [0.25, 0.3) is 0 Å². The lowest BCUT2D eigenvalue weighted by Crippen LogP contribution is -2.44. The minimum atomic E-state index is -1.26. The molecule has 0 bridgehead atoms. The largest absolute Gasteiger partial charge is 0.492 e. The van der Waals surface area contributed by atoms with Crippen molar-refractivity contribution in [2.75, 3.05) is 26.2 Å². The Morgan fingerprint density at radius 3 is 1.60 bits per heavy atom. The van der Waals surface area contributed by atoms with Crippen LogP contribution < -0.4 is 4.74 Å². The van der Waals surface area contributed by atoms with Crippen molar-refractivity contribution in [3.05, 3.63) is 114 Å². The van der Waals surface area contributed by atoms with Gasteiger partial charge in [-0.05, 0) is 49.2 Å². The predicted molar refractivity (Wildman–Crippen MR) is 136 cm³/mol. The van der Waals surface area contributed by atoms with Crippen molar-refractivity contribution in [1.29, 1.82) is 0 Å². The maximum Gasteiger partial charge on any atom is 0.328 e. The van der Waals surface area contributed by atoms with Crippen molar-refractivity contribution < 1.29 is 24.5 Å². The second-order valence-electron chi connectivity index (χ2n) is 8.33. The first kappa shape index (κ1) is 25.7. The second kappa shape index (κ2) is 13.1. The van der Waals surface area contributed by atoms with Gasteiger partial charge in [-0.2, -0.15) is 0 Å². The van der Waals surface area contributed by atoms with E-state index in [1.807, 2.05) is 30.3 Å². The van der Waals surface area contributed by atoms with Gasteiger partial charge in [-0.15, -0.1) is 0 Å². The molecule has 0 aliphatic carbocycles. The third-order valence-electron chi connectivity index (χ3n) is 6.15. The second-order valence-corrected chi connectivity index (χ2v) is 8.33. The molecule has 1 heterocycles. The fourth-order valence-corrected chi connectivity index (χ4v) is 4.37. The molecule has 1 aliphatic rings. The Hall–Kier alpha value is -3.90. The first-order valence-electron chi connectivity index (χ1n) is 11.6. The minimum Gasteiger partial charge on any atom is -0.492 e. The highest BCUT2D eigenvalue weighted by atomic mass is 16.5.